The van der Waals surface area contributed by atoms with Crippen LogP contribution in [0.4, 0.5) is 11.5 Å². The van der Waals surface area contributed by atoms with Crippen LogP contribution in [0.5, 0.6) is 0 Å². The van der Waals surface area contributed by atoms with E-state index < -0.39 is 11.9 Å². The fourth-order valence-electron chi connectivity index (χ4n) is 3.73. The van der Waals surface area contributed by atoms with E-state index in [0.29, 0.717) is 22.4 Å². The van der Waals surface area contributed by atoms with Crippen molar-refractivity contribution in [2.45, 2.75) is 45.3 Å². The second-order valence-electron chi connectivity index (χ2n) is 8.72. The van der Waals surface area contributed by atoms with Gasteiger partial charge >= 0.3 is 0 Å². The van der Waals surface area contributed by atoms with Gasteiger partial charge in [-0.1, -0.05) is 17.7 Å². The monoisotopic (exact) mass is 511 g/mol. The number of anilines is 2. The summed E-state index contributed by atoms with van der Waals surface area (Å²) in [5.41, 5.74) is 6.80. The molecule has 1 unspecified atom stereocenters. The Balaban J connectivity index is 1.53. The maximum absolute atomic E-state index is 13.2. The van der Waals surface area contributed by atoms with Crippen LogP contribution in [0.1, 0.15) is 37.2 Å². The number of Topliss-reactive ketones (excluding diaryl/α,β-unsaturated/α-hetero) is 1. The van der Waals surface area contributed by atoms with Crippen molar-refractivity contribution in [1.29, 1.82) is 0 Å². The first-order valence-corrected chi connectivity index (χ1v) is 11.8. The van der Waals surface area contributed by atoms with Crippen molar-refractivity contribution in [3.05, 3.63) is 47.2 Å². The number of carbonyl (C=O) groups excluding carboxylic acids is 4. The first-order valence-electron chi connectivity index (χ1n) is 11.4. The smallest absolute Gasteiger partial charge is 0.245 e. The molecule has 2 heterocycles. The van der Waals surface area contributed by atoms with Gasteiger partial charge in [-0.15, -0.1) is 0 Å². The van der Waals surface area contributed by atoms with Crippen molar-refractivity contribution in [3.63, 3.8) is 0 Å². The maximum Gasteiger partial charge on any atom is 0.245 e. The molecule has 1 fully saturated rings. The molecule has 12 heteroatoms. The molecule has 11 nitrogen and oxygen atoms in total. The van der Waals surface area contributed by atoms with E-state index in [9.17, 15) is 19.2 Å². The molecule has 0 saturated heterocycles. The van der Waals surface area contributed by atoms with Crippen LogP contribution in [0.25, 0.3) is 10.9 Å². The van der Waals surface area contributed by atoms with Gasteiger partial charge in [0.05, 0.1) is 11.6 Å². The number of amides is 3. The number of halogens is 1. The highest BCUT2D eigenvalue weighted by molar-refractivity contribution is 6.29. The van der Waals surface area contributed by atoms with E-state index in [2.05, 4.69) is 20.7 Å². The lowest BCUT2D eigenvalue weighted by atomic mass is 10.1. The van der Waals surface area contributed by atoms with Crippen molar-refractivity contribution in [3.8, 4) is 0 Å². The number of carbonyl (C=O) groups is 4. The van der Waals surface area contributed by atoms with Crippen molar-refractivity contribution < 1.29 is 19.2 Å². The second-order valence-corrected chi connectivity index (χ2v) is 9.11. The number of benzene rings is 1. The third-order valence-corrected chi connectivity index (χ3v) is 5.87. The molecule has 3 aromatic rings. The molecule has 2 aromatic heterocycles. The number of hydrogen-bond acceptors (Lipinski definition) is 7. The number of ketones is 1. The fourth-order valence-corrected chi connectivity index (χ4v) is 3.90. The summed E-state index contributed by atoms with van der Waals surface area (Å²) in [5.74, 6) is -1.05. The third kappa shape index (κ3) is 5.86. The van der Waals surface area contributed by atoms with Gasteiger partial charge in [0.1, 0.15) is 29.8 Å². The molecule has 3 amide bonds. The van der Waals surface area contributed by atoms with Gasteiger partial charge in [-0.2, -0.15) is 5.10 Å². The van der Waals surface area contributed by atoms with Crippen LogP contribution in [0.2, 0.25) is 5.15 Å². The van der Waals surface area contributed by atoms with Crippen molar-refractivity contribution in [2.24, 2.45) is 5.73 Å². The van der Waals surface area contributed by atoms with Crippen LogP contribution in [-0.2, 0) is 20.9 Å². The molecular weight excluding hydrogens is 486 g/mol. The number of nitrogens with two attached hydrogens (primary N) is 1. The summed E-state index contributed by atoms with van der Waals surface area (Å²) in [6, 6.07) is 9.09. The molecule has 1 aromatic carbocycles. The highest BCUT2D eigenvalue weighted by Gasteiger charge is 2.34. The normalized spacial score (nSPS) is 13.8. The number of hydrogen-bond donors (Lipinski definition) is 3. The molecule has 4 rings (SSSR count). The number of fused-ring (bicyclic) bond motifs is 1. The second kappa shape index (κ2) is 10.4. The molecule has 0 bridgehead atoms. The van der Waals surface area contributed by atoms with Crippen molar-refractivity contribution in [2.75, 3.05) is 17.2 Å². The van der Waals surface area contributed by atoms with Gasteiger partial charge < -0.3 is 21.3 Å². The van der Waals surface area contributed by atoms with E-state index in [0.717, 1.165) is 12.8 Å². The molecule has 1 aliphatic rings. The number of nitrogens with one attached hydrogen (secondary N) is 2. The Kier molecular flexibility index (Phi) is 7.32. The first-order chi connectivity index (χ1) is 17.1. The molecule has 36 heavy (non-hydrogen) atoms. The molecule has 0 aliphatic heterocycles. The SMILES string of the molecule is CC(=O)c1nn(CC(=O)N(CC(=O)Nc2cccc(Cl)n2)C2CC2)c2ccc(NC(=O)C(C)N)cc12. The summed E-state index contributed by atoms with van der Waals surface area (Å²) in [6.07, 6.45) is 1.60. The molecule has 4 N–H and O–H groups in total. The molecule has 188 valence electrons. The Morgan fingerprint density at radius 3 is 2.58 bits per heavy atom. The van der Waals surface area contributed by atoms with Crippen LogP contribution in [0.3, 0.4) is 0 Å². The predicted molar refractivity (Wildman–Crippen MR) is 135 cm³/mol. The molecule has 1 saturated carbocycles. The fraction of sp³-hybridized carbons (Fsp3) is 0.333. The molecule has 1 aliphatic carbocycles. The van der Waals surface area contributed by atoms with E-state index in [-0.39, 0.29) is 47.6 Å². The third-order valence-electron chi connectivity index (χ3n) is 5.65. The lowest BCUT2D eigenvalue weighted by Crippen LogP contribution is -2.41. The van der Waals surface area contributed by atoms with E-state index >= 15 is 0 Å². The van der Waals surface area contributed by atoms with Gasteiger partial charge in [-0.3, -0.25) is 23.9 Å². The quantitative estimate of drug-likeness (QED) is 0.294. The zero-order valence-electron chi connectivity index (χ0n) is 19.8. The van der Waals surface area contributed by atoms with E-state index in [4.69, 9.17) is 17.3 Å². The van der Waals surface area contributed by atoms with Crippen molar-refractivity contribution >= 4 is 57.5 Å². The summed E-state index contributed by atoms with van der Waals surface area (Å²) >= 11 is 5.87. The van der Waals surface area contributed by atoms with Crippen LogP contribution in [0.15, 0.2) is 36.4 Å². The first kappa shape index (κ1) is 25.3. The lowest BCUT2D eigenvalue weighted by molar-refractivity contribution is -0.135. The van der Waals surface area contributed by atoms with Crippen molar-refractivity contribution in [1.82, 2.24) is 19.7 Å². The highest BCUT2D eigenvalue weighted by Crippen LogP contribution is 2.28. The van der Waals surface area contributed by atoms with E-state index in [1.807, 2.05) is 0 Å². The predicted octanol–water partition coefficient (Wildman–Crippen LogP) is 2.20. The minimum Gasteiger partial charge on any atom is -0.329 e. The Hall–Kier alpha value is -3.83. The summed E-state index contributed by atoms with van der Waals surface area (Å²) in [5, 5.41) is 10.5. The summed E-state index contributed by atoms with van der Waals surface area (Å²) in [6.45, 7) is 2.64. The van der Waals surface area contributed by atoms with Gasteiger partial charge in [0.25, 0.3) is 0 Å². The van der Waals surface area contributed by atoms with Gasteiger partial charge in [0, 0.05) is 24.0 Å². The molecule has 0 radical (unpaired) electrons. The van der Waals surface area contributed by atoms with Crippen LogP contribution < -0.4 is 16.4 Å². The summed E-state index contributed by atoms with van der Waals surface area (Å²) in [4.78, 5) is 55.6. The zero-order chi connectivity index (χ0) is 26.0. The number of rotatable bonds is 9. The number of aromatic nitrogens is 3. The minimum absolute atomic E-state index is 0.0373. The maximum atomic E-state index is 13.2. The highest BCUT2D eigenvalue weighted by atomic mass is 35.5. The molecular formula is C24H26ClN7O4. The molecule has 1 atom stereocenters. The number of pyridine rings is 1. The van der Waals surface area contributed by atoms with Crippen LogP contribution in [0, 0.1) is 0 Å². The lowest BCUT2D eigenvalue weighted by Gasteiger charge is -2.22. The standard InChI is InChI=1S/C24H26ClN7O4/c1-13(26)24(36)27-15-6-9-18-17(10-15)23(14(2)33)30-32(18)12-22(35)31(16-7-8-16)11-21(34)29-20-5-3-4-19(25)28-20/h3-6,9-10,13,16H,7-8,11-12,26H2,1-2H3,(H,27,36)(H,28,29,34). The van der Waals surface area contributed by atoms with Gasteiger partial charge in [-0.05, 0) is 50.1 Å². The van der Waals surface area contributed by atoms with E-state index in [1.54, 1.807) is 43.3 Å². The van der Waals surface area contributed by atoms with Gasteiger partial charge in [0.15, 0.2) is 5.78 Å². The molecule has 0 spiro atoms. The van der Waals surface area contributed by atoms with Crippen LogP contribution in [-0.4, -0.2) is 61.8 Å². The number of nitrogens with zero attached hydrogens (tertiary/aromatic N) is 4. The Bertz CT molecular complexity index is 1350. The minimum atomic E-state index is -0.700. The summed E-state index contributed by atoms with van der Waals surface area (Å²) in [7, 11) is 0. The van der Waals surface area contributed by atoms with Gasteiger partial charge in [0.2, 0.25) is 17.7 Å². The summed E-state index contributed by atoms with van der Waals surface area (Å²) < 4.78 is 1.44. The average molecular weight is 512 g/mol. The Labute approximate surface area is 212 Å². The largest absolute Gasteiger partial charge is 0.329 e. The topological polar surface area (TPSA) is 152 Å². The average Bonchev–Trinajstić information content (AvgIpc) is 3.59. The Morgan fingerprint density at radius 2 is 1.94 bits per heavy atom. The Morgan fingerprint density at radius 1 is 1.19 bits per heavy atom. The van der Waals surface area contributed by atoms with Gasteiger partial charge in [-0.25, -0.2) is 4.98 Å². The zero-order valence-corrected chi connectivity index (χ0v) is 20.6. The van der Waals surface area contributed by atoms with E-state index in [1.165, 1.54) is 16.5 Å². The van der Waals surface area contributed by atoms with Crippen LogP contribution >= 0.6 is 11.6 Å².